The first-order valence-electron chi connectivity index (χ1n) is 6.03. The van der Waals surface area contributed by atoms with E-state index in [0.29, 0.717) is 12.1 Å². The molecular formula is C15H16N2O2. The van der Waals surface area contributed by atoms with Crippen LogP contribution in [0.15, 0.2) is 48.5 Å². The SMILES string of the molecule is CNC(=O)c1cccc(NCc2cccc(O)c2)c1. The van der Waals surface area contributed by atoms with Crippen LogP contribution in [0, 0.1) is 0 Å². The quantitative estimate of drug-likeness (QED) is 0.787. The third-order valence-corrected chi connectivity index (χ3v) is 2.76. The summed E-state index contributed by atoms with van der Waals surface area (Å²) in [5.74, 6) is 0.138. The van der Waals surface area contributed by atoms with Gasteiger partial charge in [0.25, 0.3) is 5.91 Å². The summed E-state index contributed by atoms with van der Waals surface area (Å²) in [6.07, 6.45) is 0. The number of anilines is 1. The van der Waals surface area contributed by atoms with Crippen LogP contribution in [0.5, 0.6) is 5.75 Å². The van der Waals surface area contributed by atoms with Crippen molar-refractivity contribution in [3.8, 4) is 5.75 Å². The van der Waals surface area contributed by atoms with Crippen molar-refractivity contribution in [1.82, 2.24) is 5.32 Å². The van der Waals surface area contributed by atoms with Crippen LogP contribution < -0.4 is 10.6 Å². The van der Waals surface area contributed by atoms with Crippen LogP contribution in [0.1, 0.15) is 15.9 Å². The van der Waals surface area contributed by atoms with E-state index in [-0.39, 0.29) is 11.7 Å². The summed E-state index contributed by atoms with van der Waals surface area (Å²) in [5.41, 5.74) is 2.46. The molecule has 0 heterocycles. The molecule has 4 nitrogen and oxygen atoms in total. The number of carbonyl (C=O) groups is 1. The summed E-state index contributed by atoms with van der Waals surface area (Å²) < 4.78 is 0. The molecule has 0 unspecified atom stereocenters. The normalized spacial score (nSPS) is 9.95. The molecule has 2 aromatic rings. The Morgan fingerprint density at radius 1 is 1.16 bits per heavy atom. The van der Waals surface area contributed by atoms with E-state index in [9.17, 15) is 9.90 Å². The molecule has 3 N–H and O–H groups in total. The van der Waals surface area contributed by atoms with Crippen molar-refractivity contribution in [1.29, 1.82) is 0 Å². The lowest BCUT2D eigenvalue weighted by Gasteiger charge is -2.08. The number of amides is 1. The molecule has 0 saturated carbocycles. The van der Waals surface area contributed by atoms with Gasteiger partial charge in [-0.3, -0.25) is 4.79 Å². The minimum absolute atomic E-state index is 0.110. The number of hydrogen-bond donors (Lipinski definition) is 3. The summed E-state index contributed by atoms with van der Waals surface area (Å²) >= 11 is 0. The smallest absolute Gasteiger partial charge is 0.251 e. The van der Waals surface area contributed by atoms with Crippen molar-refractivity contribution in [2.24, 2.45) is 0 Å². The van der Waals surface area contributed by atoms with Crippen LogP contribution in [0.2, 0.25) is 0 Å². The van der Waals surface area contributed by atoms with Gasteiger partial charge in [0.1, 0.15) is 5.75 Å². The highest BCUT2D eigenvalue weighted by atomic mass is 16.3. The van der Waals surface area contributed by atoms with E-state index in [0.717, 1.165) is 11.3 Å². The fraction of sp³-hybridized carbons (Fsp3) is 0.133. The number of carbonyl (C=O) groups excluding carboxylic acids is 1. The first-order chi connectivity index (χ1) is 9.19. The first kappa shape index (κ1) is 13.0. The minimum Gasteiger partial charge on any atom is -0.508 e. The van der Waals surface area contributed by atoms with Crippen LogP contribution in [-0.2, 0) is 6.54 Å². The highest BCUT2D eigenvalue weighted by molar-refractivity contribution is 5.94. The van der Waals surface area contributed by atoms with E-state index >= 15 is 0 Å². The standard InChI is InChI=1S/C15H16N2O2/c1-16-15(19)12-5-3-6-13(9-12)17-10-11-4-2-7-14(18)8-11/h2-9,17-18H,10H2,1H3,(H,16,19). The van der Waals surface area contributed by atoms with Gasteiger partial charge in [0.15, 0.2) is 0 Å². The molecule has 0 bridgehead atoms. The average Bonchev–Trinajstić information content (AvgIpc) is 2.45. The van der Waals surface area contributed by atoms with E-state index in [1.165, 1.54) is 0 Å². The van der Waals surface area contributed by atoms with Crippen LogP contribution in [0.25, 0.3) is 0 Å². The maximum Gasteiger partial charge on any atom is 0.251 e. The van der Waals surface area contributed by atoms with E-state index in [1.54, 1.807) is 37.4 Å². The number of aromatic hydroxyl groups is 1. The zero-order chi connectivity index (χ0) is 13.7. The van der Waals surface area contributed by atoms with Gasteiger partial charge in [0.05, 0.1) is 0 Å². The van der Waals surface area contributed by atoms with Gasteiger partial charge in [0.2, 0.25) is 0 Å². The molecule has 0 spiro atoms. The highest BCUT2D eigenvalue weighted by Gasteiger charge is 2.03. The Kier molecular flexibility index (Phi) is 4.03. The van der Waals surface area contributed by atoms with Crippen LogP contribution in [0.3, 0.4) is 0 Å². The summed E-state index contributed by atoms with van der Waals surface area (Å²) in [6.45, 7) is 0.589. The topological polar surface area (TPSA) is 61.4 Å². The third-order valence-electron chi connectivity index (χ3n) is 2.76. The molecule has 1 amide bonds. The highest BCUT2D eigenvalue weighted by Crippen LogP contribution is 2.15. The molecule has 0 radical (unpaired) electrons. The van der Waals surface area contributed by atoms with Gasteiger partial charge in [-0.2, -0.15) is 0 Å². The van der Waals surface area contributed by atoms with Crippen LogP contribution in [0.4, 0.5) is 5.69 Å². The van der Waals surface area contributed by atoms with Crippen molar-refractivity contribution >= 4 is 11.6 Å². The Morgan fingerprint density at radius 2 is 1.95 bits per heavy atom. The average molecular weight is 256 g/mol. The number of rotatable bonds is 4. The van der Waals surface area contributed by atoms with Crippen molar-refractivity contribution in [2.45, 2.75) is 6.54 Å². The molecular weight excluding hydrogens is 240 g/mol. The second kappa shape index (κ2) is 5.91. The Morgan fingerprint density at radius 3 is 2.68 bits per heavy atom. The fourth-order valence-electron chi connectivity index (χ4n) is 1.79. The van der Waals surface area contributed by atoms with Gasteiger partial charge in [-0.15, -0.1) is 0 Å². The number of benzene rings is 2. The summed E-state index contributed by atoms with van der Waals surface area (Å²) in [6, 6.07) is 14.3. The molecule has 98 valence electrons. The molecule has 0 aliphatic carbocycles. The summed E-state index contributed by atoms with van der Waals surface area (Å²) in [4.78, 5) is 11.5. The number of phenolic OH excluding ortho intramolecular Hbond substituents is 1. The van der Waals surface area contributed by atoms with Crippen molar-refractivity contribution in [3.05, 3.63) is 59.7 Å². The van der Waals surface area contributed by atoms with Gasteiger partial charge < -0.3 is 15.7 Å². The van der Waals surface area contributed by atoms with Gasteiger partial charge in [-0.05, 0) is 35.9 Å². The van der Waals surface area contributed by atoms with E-state index in [1.807, 2.05) is 18.2 Å². The third kappa shape index (κ3) is 3.48. The second-order valence-corrected chi connectivity index (χ2v) is 4.18. The van der Waals surface area contributed by atoms with Crippen molar-refractivity contribution in [3.63, 3.8) is 0 Å². The zero-order valence-electron chi connectivity index (χ0n) is 10.7. The predicted octanol–water partition coefficient (Wildman–Crippen LogP) is 2.36. The Hall–Kier alpha value is -2.49. The van der Waals surface area contributed by atoms with Crippen LogP contribution >= 0.6 is 0 Å². The minimum atomic E-state index is -0.110. The number of phenols is 1. The molecule has 0 saturated heterocycles. The first-order valence-corrected chi connectivity index (χ1v) is 6.03. The lowest BCUT2D eigenvalue weighted by Crippen LogP contribution is -2.17. The van der Waals surface area contributed by atoms with Gasteiger partial charge in [-0.25, -0.2) is 0 Å². The molecule has 0 fully saturated rings. The molecule has 0 aromatic heterocycles. The molecule has 4 heteroatoms. The molecule has 2 aromatic carbocycles. The monoisotopic (exact) mass is 256 g/mol. The van der Waals surface area contributed by atoms with Gasteiger partial charge in [-0.1, -0.05) is 18.2 Å². The zero-order valence-corrected chi connectivity index (χ0v) is 10.7. The molecule has 0 atom stereocenters. The summed E-state index contributed by atoms with van der Waals surface area (Å²) in [7, 11) is 1.61. The lowest BCUT2D eigenvalue weighted by atomic mass is 10.1. The van der Waals surface area contributed by atoms with Gasteiger partial charge >= 0.3 is 0 Å². The second-order valence-electron chi connectivity index (χ2n) is 4.18. The molecule has 2 rings (SSSR count). The summed E-state index contributed by atoms with van der Waals surface area (Å²) in [5, 5.41) is 15.2. The fourth-order valence-corrected chi connectivity index (χ4v) is 1.79. The number of hydrogen-bond acceptors (Lipinski definition) is 3. The Balaban J connectivity index is 2.05. The maximum absolute atomic E-state index is 11.5. The largest absolute Gasteiger partial charge is 0.508 e. The van der Waals surface area contributed by atoms with Crippen molar-refractivity contribution < 1.29 is 9.90 Å². The lowest BCUT2D eigenvalue weighted by molar-refractivity contribution is 0.0963. The molecule has 0 aliphatic heterocycles. The Bertz CT molecular complexity index is 582. The maximum atomic E-state index is 11.5. The van der Waals surface area contributed by atoms with E-state index < -0.39 is 0 Å². The van der Waals surface area contributed by atoms with Crippen molar-refractivity contribution in [2.75, 3.05) is 12.4 Å². The van der Waals surface area contributed by atoms with E-state index in [4.69, 9.17) is 0 Å². The van der Waals surface area contributed by atoms with E-state index in [2.05, 4.69) is 10.6 Å². The molecule has 0 aliphatic rings. The number of nitrogens with one attached hydrogen (secondary N) is 2. The molecule has 19 heavy (non-hydrogen) atoms. The Labute approximate surface area is 112 Å². The van der Waals surface area contributed by atoms with Crippen LogP contribution in [-0.4, -0.2) is 18.1 Å². The van der Waals surface area contributed by atoms with Gasteiger partial charge in [0, 0.05) is 24.8 Å². The predicted molar refractivity (Wildman–Crippen MR) is 75.3 cm³/mol.